The number of benzene rings is 1. The minimum absolute atomic E-state index is 0.287. The minimum atomic E-state index is 0.287. The van der Waals surface area contributed by atoms with Crippen molar-refractivity contribution in [3.63, 3.8) is 0 Å². The fourth-order valence-electron chi connectivity index (χ4n) is 2.67. The summed E-state index contributed by atoms with van der Waals surface area (Å²) in [6, 6.07) is 6.15. The lowest BCUT2D eigenvalue weighted by Crippen LogP contribution is -2.18. The van der Waals surface area contributed by atoms with Gasteiger partial charge in [0.25, 0.3) is 0 Å². The predicted octanol–water partition coefficient (Wildman–Crippen LogP) is 4.07. The Kier molecular flexibility index (Phi) is 3.42. The molecular weight excluding hydrogens is 196 g/mol. The number of hydrogen-bond acceptors (Lipinski definition) is 1. The van der Waals surface area contributed by atoms with Crippen molar-refractivity contribution in [2.75, 3.05) is 0 Å². The molecule has 1 aromatic rings. The van der Waals surface area contributed by atoms with Gasteiger partial charge in [0.1, 0.15) is 0 Å². The summed E-state index contributed by atoms with van der Waals surface area (Å²) in [5, 5.41) is 0. The first-order valence-corrected chi connectivity index (χ1v) is 6.30. The van der Waals surface area contributed by atoms with Gasteiger partial charge in [-0.2, -0.15) is 0 Å². The van der Waals surface area contributed by atoms with Crippen molar-refractivity contribution < 1.29 is 4.79 Å². The zero-order chi connectivity index (χ0) is 11.5. The Labute approximate surface area is 97.9 Å². The SMILES string of the molecule is Cc1ccc(C(=O)C2CCCCC2)c(C)c1. The third kappa shape index (κ3) is 2.34. The number of carbonyl (C=O) groups excluding carboxylic acids is 1. The summed E-state index contributed by atoms with van der Waals surface area (Å²) >= 11 is 0. The van der Waals surface area contributed by atoms with Crippen LogP contribution in [0, 0.1) is 19.8 Å². The van der Waals surface area contributed by atoms with Crippen LogP contribution in [0.3, 0.4) is 0 Å². The van der Waals surface area contributed by atoms with Gasteiger partial charge < -0.3 is 0 Å². The summed E-state index contributed by atoms with van der Waals surface area (Å²) in [5.41, 5.74) is 3.31. The zero-order valence-corrected chi connectivity index (χ0v) is 10.3. The Balaban J connectivity index is 2.19. The Morgan fingerprint density at radius 2 is 1.81 bits per heavy atom. The molecule has 0 aromatic heterocycles. The van der Waals surface area contributed by atoms with E-state index in [1.165, 1.54) is 24.8 Å². The molecule has 0 N–H and O–H groups in total. The summed E-state index contributed by atoms with van der Waals surface area (Å²) < 4.78 is 0. The molecule has 1 aliphatic carbocycles. The van der Waals surface area contributed by atoms with Gasteiger partial charge in [0.05, 0.1) is 0 Å². The molecule has 0 heterocycles. The molecule has 0 atom stereocenters. The van der Waals surface area contributed by atoms with Gasteiger partial charge in [0, 0.05) is 11.5 Å². The number of aryl methyl sites for hydroxylation is 2. The maximum Gasteiger partial charge on any atom is 0.166 e. The monoisotopic (exact) mass is 216 g/mol. The maximum absolute atomic E-state index is 12.3. The largest absolute Gasteiger partial charge is 0.294 e. The van der Waals surface area contributed by atoms with E-state index in [0.717, 1.165) is 24.0 Å². The maximum atomic E-state index is 12.3. The van der Waals surface area contributed by atoms with Crippen LogP contribution in [0.15, 0.2) is 18.2 Å². The molecule has 1 saturated carbocycles. The predicted molar refractivity (Wildman–Crippen MR) is 66.8 cm³/mol. The molecule has 1 aromatic carbocycles. The molecule has 0 unspecified atom stereocenters. The van der Waals surface area contributed by atoms with Crippen LogP contribution in [0.2, 0.25) is 0 Å². The normalized spacial score (nSPS) is 17.4. The highest BCUT2D eigenvalue weighted by molar-refractivity contribution is 5.99. The third-order valence-electron chi connectivity index (χ3n) is 3.62. The van der Waals surface area contributed by atoms with Gasteiger partial charge in [-0.3, -0.25) is 4.79 Å². The standard InChI is InChI=1S/C15H20O/c1-11-8-9-14(12(2)10-11)15(16)13-6-4-3-5-7-13/h8-10,13H,3-7H2,1-2H3. The Hall–Kier alpha value is -1.11. The summed E-state index contributed by atoms with van der Waals surface area (Å²) in [7, 11) is 0. The molecule has 1 heteroatoms. The highest BCUT2D eigenvalue weighted by Gasteiger charge is 2.23. The first-order valence-electron chi connectivity index (χ1n) is 6.30. The average molecular weight is 216 g/mol. The molecule has 1 aliphatic rings. The second-order valence-corrected chi connectivity index (χ2v) is 5.02. The van der Waals surface area contributed by atoms with E-state index in [1.54, 1.807) is 0 Å². The Bertz CT molecular complexity index is 386. The fraction of sp³-hybridized carbons (Fsp3) is 0.533. The summed E-state index contributed by atoms with van der Waals surface area (Å²) in [5.74, 6) is 0.660. The molecule has 0 spiro atoms. The molecule has 16 heavy (non-hydrogen) atoms. The molecule has 0 radical (unpaired) electrons. The van der Waals surface area contributed by atoms with Gasteiger partial charge in [-0.25, -0.2) is 0 Å². The van der Waals surface area contributed by atoms with Crippen LogP contribution in [-0.2, 0) is 0 Å². The summed E-state index contributed by atoms with van der Waals surface area (Å²) in [6.45, 7) is 4.12. The number of hydrogen-bond donors (Lipinski definition) is 0. The van der Waals surface area contributed by atoms with E-state index >= 15 is 0 Å². The van der Waals surface area contributed by atoms with Crippen LogP contribution in [0.25, 0.3) is 0 Å². The van der Waals surface area contributed by atoms with E-state index in [9.17, 15) is 4.79 Å². The molecular formula is C15H20O. The zero-order valence-electron chi connectivity index (χ0n) is 10.3. The number of ketones is 1. The van der Waals surface area contributed by atoms with Gasteiger partial charge in [-0.15, -0.1) is 0 Å². The topological polar surface area (TPSA) is 17.1 Å². The van der Waals surface area contributed by atoms with Gasteiger partial charge in [-0.1, -0.05) is 43.0 Å². The van der Waals surface area contributed by atoms with Gasteiger partial charge in [-0.05, 0) is 32.3 Å². The second-order valence-electron chi connectivity index (χ2n) is 5.02. The quantitative estimate of drug-likeness (QED) is 0.681. The third-order valence-corrected chi connectivity index (χ3v) is 3.62. The first-order chi connectivity index (χ1) is 7.68. The summed E-state index contributed by atoms with van der Waals surface area (Å²) in [6.07, 6.45) is 5.93. The van der Waals surface area contributed by atoms with Crippen molar-refractivity contribution in [3.05, 3.63) is 34.9 Å². The molecule has 0 amide bonds. The van der Waals surface area contributed by atoms with Crippen LogP contribution in [-0.4, -0.2) is 5.78 Å². The van der Waals surface area contributed by atoms with E-state index in [-0.39, 0.29) is 5.92 Å². The Morgan fingerprint density at radius 3 is 2.44 bits per heavy atom. The molecule has 1 fully saturated rings. The molecule has 86 valence electrons. The first kappa shape index (κ1) is 11.4. The van der Waals surface area contributed by atoms with Crippen LogP contribution in [0.4, 0.5) is 0 Å². The van der Waals surface area contributed by atoms with E-state index in [2.05, 4.69) is 13.0 Å². The smallest absolute Gasteiger partial charge is 0.166 e. The van der Waals surface area contributed by atoms with Crippen LogP contribution in [0.5, 0.6) is 0 Å². The van der Waals surface area contributed by atoms with Crippen LogP contribution < -0.4 is 0 Å². The number of carbonyl (C=O) groups is 1. The molecule has 2 rings (SSSR count). The van der Waals surface area contributed by atoms with E-state index < -0.39 is 0 Å². The van der Waals surface area contributed by atoms with Gasteiger partial charge in [0.2, 0.25) is 0 Å². The lowest BCUT2D eigenvalue weighted by Gasteiger charge is -2.21. The van der Waals surface area contributed by atoms with Crippen molar-refractivity contribution in [1.82, 2.24) is 0 Å². The van der Waals surface area contributed by atoms with E-state index in [0.29, 0.717) is 5.78 Å². The highest BCUT2D eigenvalue weighted by Crippen LogP contribution is 2.28. The molecule has 1 nitrogen and oxygen atoms in total. The van der Waals surface area contributed by atoms with E-state index in [1.807, 2.05) is 19.1 Å². The van der Waals surface area contributed by atoms with Crippen molar-refractivity contribution in [2.45, 2.75) is 46.0 Å². The molecule has 0 saturated heterocycles. The van der Waals surface area contributed by atoms with Crippen molar-refractivity contribution >= 4 is 5.78 Å². The van der Waals surface area contributed by atoms with Crippen LogP contribution >= 0.6 is 0 Å². The molecule has 0 bridgehead atoms. The summed E-state index contributed by atoms with van der Waals surface area (Å²) in [4.78, 5) is 12.3. The lowest BCUT2D eigenvalue weighted by molar-refractivity contribution is 0.0889. The average Bonchev–Trinajstić information content (AvgIpc) is 2.29. The van der Waals surface area contributed by atoms with Gasteiger partial charge >= 0.3 is 0 Å². The van der Waals surface area contributed by atoms with E-state index in [4.69, 9.17) is 0 Å². The fourth-order valence-corrected chi connectivity index (χ4v) is 2.67. The van der Waals surface area contributed by atoms with Crippen molar-refractivity contribution in [2.24, 2.45) is 5.92 Å². The van der Waals surface area contributed by atoms with Crippen molar-refractivity contribution in [3.8, 4) is 0 Å². The second kappa shape index (κ2) is 4.82. The highest BCUT2D eigenvalue weighted by atomic mass is 16.1. The number of rotatable bonds is 2. The molecule has 0 aliphatic heterocycles. The lowest BCUT2D eigenvalue weighted by atomic mass is 9.83. The Morgan fingerprint density at radius 1 is 1.12 bits per heavy atom. The van der Waals surface area contributed by atoms with Gasteiger partial charge in [0.15, 0.2) is 5.78 Å². The van der Waals surface area contributed by atoms with Crippen LogP contribution in [0.1, 0.15) is 53.6 Å². The minimum Gasteiger partial charge on any atom is -0.294 e. The van der Waals surface area contributed by atoms with Crippen molar-refractivity contribution in [1.29, 1.82) is 0 Å². The number of Topliss-reactive ketones (excluding diaryl/α,β-unsaturated/α-hetero) is 1.